The molecule has 2 unspecified atom stereocenters. The average Bonchev–Trinajstić information content (AvgIpc) is 1.86. The van der Waals surface area contributed by atoms with E-state index < -0.39 is 0 Å². The van der Waals surface area contributed by atoms with E-state index in [0.717, 1.165) is 12.3 Å². The van der Waals surface area contributed by atoms with E-state index >= 15 is 0 Å². The summed E-state index contributed by atoms with van der Waals surface area (Å²) in [6.45, 7) is 11.3. The molecule has 0 fully saturated rings. The van der Waals surface area contributed by atoms with Crippen LogP contribution >= 0.6 is 0 Å². The van der Waals surface area contributed by atoms with Crippen LogP contribution in [0, 0.1) is 11.3 Å². The fraction of sp³-hybridized carbons (Fsp3) is 1.00. The van der Waals surface area contributed by atoms with Gasteiger partial charge in [0.15, 0.2) is 0 Å². The first-order chi connectivity index (χ1) is 4.90. The van der Waals surface area contributed by atoms with Crippen LogP contribution in [0.5, 0.6) is 0 Å². The molecule has 1 nitrogen and oxygen atoms in total. The molecule has 0 aromatic rings. The van der Waals surface area contributed by atoms with Gasteiger partial charge >= 0.3 is 0 Å². The van der Waals surface area contributed by atoms with Gasteiger partial charge in [0.25, 0.3) is 0 Å². The molecule has 0 aliphatic carbocycles. The molecule has 0 rings (SSSR count). The van der Waals surface area contributed by atoms with Gasteiger partial charge < -0.3 is 5.73 Å². The highest BCUT2D eigenvalue weighted by Crippen LogP contribution is 2.32. The maximum atomic E-state index is 5.74. The fourth-order valence-electron chi connectivity index (χ4n) is 1.23. The molecule has 0 saturated carbocycles. The standard InChI is InChI=1S/C10H23N/c1-6-10(4,5)8(2)7-9(3)11/h8-9H,6-7,11H2,1-5H3. The predicted molar refractivity (Wildman–Crippen MR) is 51.5 cm³/mol. The lowest BCUT2D eigenvalue weighted by atomic mass is 9.75. The van der Waals surface area contributed by atoms with E-state index in [0.29, 0.717) is 11.5 Å². The van der Waals surface area contributed by atoms with Crippen molar-refractivity contribution in [1.82, 2.24) is 0 Å². The van der Waals surface area contributed by atoms with Gasteiger partial charge in [-0.15, -0.1) is 0 Å². The summed E-state index contributed by atoms with van der Waals surface area (Å²) in [6, 6.07) is 0.343. The molecule has 0 spiro atoms. The lowest BCUT2D eigenvalue weighted by Gasteiger charge is -2.31. The second-order valence-electron chi connectivity index (χ2n) is 4.46. The zero-order valence-corrected chi connectivity index (χ0v) is 8.65. The minimum absolute atomic E-state index is 0.343. The van der Waals surface area contributed by atoms with Gasteiger partial charge in [0.1, 0.15) is 0 Å². The van der Waals surface area contributed by atoms with Crippen molar-refractivity contribution in [2.24, 2.45) is 17.1 Å². The Morgan fingerprint density at radius 1 is 1.27 bits per heavy atom. The quantitative estimate of drug-likeness (QED) is 0.667. The highest BCUT2D eigenvalue weighted by atomic mass is 14.6. The summed E-state index contributed by atoms with van der Waals surface area (Å²) >= 11 is 0. The molecule has 0 aromatic carbocycles. The number of nitrogens with two attached hydrogens (primary N) is 1. The van der Waals surface area contributed by atoms with E-state index in [1.807, 2.05) is 0 Å². The maximum Gasteiger partial charge on any atom is 0.00132 e. The van der Waals surface area contributed by atoms with Crippen LogP contribution in [0.1, 0.15) is 47.5 Å². The smallest absolute Gasteiger partial charge is 0.00132 e. The molecule has 0 bridgehead atoms. The van der Waals surface area contributed by atoms with E-state index in [2.05, 4.69) is 34.6 Å². The highest BCUT2D eigenvalue weighted by molar-refractivity contribution is 4.75. The maximum absolute atomic E-state index is 5.74. The van der Waals surface area contributed by atoms with Crippen LogP contribution in [0.3, 0.4) is 0 Å². The van der Waals surface area contributed by atoms with Crippen LogP contribution < -0.4 is 5.73 Å². The SMILES string of the molecule is CCC(C)(C)C(C)CC(C)N. The summed E-state index contributed by atoms with van der Waals surface area (Å²) in [5, 5.41) is 0. The van der Waals surface area contributed by atoms with Crippen LogP contribution in [0.4, 0.5) is 0 Å². The minimum atomic E-state index is 0.343. The molecule has 0 aliphatic heterocycles. The third-order valence-electron chi connectivity index (χ3n) is 2.97. The van der Waals surface area contributed by atoms with Gasteiger partial charge in [-0.1, -0.05) is 34.1 Å². The molecule has 0 saturated heterocycles. The Labute approximate surface area is 71.4 Å². The molecule has 1 heteroatoms. The van der Waals surface area contributed by atoms with E-state index in [4.69, 9.17) is 5.73 Å². The van der Waals surface area contributed by atoms with Crippen LogP contribution in [0.25, 0.3) is 0 Å². The third-order valence-corrected chi connectivity index (χ3v) is 2.97. The summed E-state index contributed by atoms with van der Waals surface area (Å²) < 4.78 is 0. The molecule has 68 valence electrons. The topological polar surface area (TPSA) is 26.0 Å². The Kier molecular flexibility index (Phi) is 4.09. The Balaban J connectivity index is 3.90. The highest BCUT2D eigenvalue weighted by Gasteiger charge is 2.23. The Bertz CT molecular complexity index is 105. The molecule has 0 aromatic heterocycles. The monoisotopic (exact) mass is 157 g/mol. The number of rotatable bonds is 4. The van der Waals surface area contributed by atoms with Gasteiger partial charge in [-0.05, 0) is 24.7 Å². The van der Waals surface area contributed by atoms with Gasteiger partial charge in [-0.25, -0.2) is 0 Å². The fourth-order valence-corrected chi connectivity index (χ4v) is 1.23. The summed E-state index contributed by atoms with van der Waals surface area (Å²) in [6.07, 6.45) is 2.38. The van der Waals surface area contributed by atoms with Crippen molar-refractivity contribution in [1.29, 1.82) is 0 Å². The molecule has 11 heavy (non-hydrogen) atoms. The van der Waals surface area contributed by atoms with Gasteiger partial charge in [-0.3, -0.25) is 0 Å². The van der Waals surface area contributed by atoms with Crippen molar-refractivity contribution in [2.75, 3.05) is 0 Å². The Hall–Kier alpha value is -0.0400. The van der Waals surface area contributed by atoms with Crippen molar-refractivity contribution in [2.45, 2.75) is 53.5 Å². The first-order valence-electron chi connectivity index (χ1n) is 4.65. The van der Waals surface area contributed by atoms with Crippen molar-refractivity contribution in [3.8, 4) is 0 Å². The molecule has 0 heterocycles. The first-order valence-corrected chi connectivity index (χ1v) is 4.65. The largest absolute Gasteiger partial charge is 0.328 e. The average molecular weight is 157 g/mol. The third kappa shape index (κ3) is 3.76. The second-order valence-corrected chi connectivity index (χ2v) is 4.46. The number of hydrogen-bond acceptors (Lipinski definition) is 1. The molecule has 2 N–H and O–H groups in total. The summed E-state index contributed by atoms with van der Waals surface area (Å²) in [4.78, 5) is 0. The molecule has 0 amide bonds. The second kappa shape index (κ2) is 4.10. The number of hydrogen-bond donors (Lipinski definition) is 1. The van der Waals surface area contributed by atoms with Crippen molar-refractivity contribution < 1.29 is 0 Å². The molecule has 0 radical (unpaired) electrons. The Morgan fingerprint density at radius 3 is 2.00 bits per heavy atom. The molecule has 2 atom stereocenters. The van der Waals surface area contributed by atoms with Crippen LogP contribution in [-0.4, -0.2) is 6.04 Å². The van der Waals surface area contributed by atoms with Crippen LogP contribution in [0.2, 0.25) is 0 Å². The van der Waals surface area contributed by atoms with E-state index in [-0.39, 0.29) is 0 Å². The lowest BCUT2D eigenvalue weighted by molar-refractivity contribution is 0.201. The summed E-state index contributed by atoms with van der Waals surface area (Å²) in [5.74, 6) is 0.729. The van der Waals surface area contributed by atoms with Crippen LogP contribution in [0.15, 0.2) is 0 Å². The van der Waals surface area contributed by atoms with Gasteiger partial charge in [0, 0.05) is 6.04 Å². The van der Waals surface area contributed by atoms with Gasteiger partial charge in [0.05, 0.1) is 0 Å². The summed E-state index contributed by atoms with van der Waals surface area (Å²) in [5.41, 5.74) is 6.20. The molecular weight excluding hydrogens is 134 g/mol. The van der Waals surface area contributed by atoms with E-state index in [1.165, 1.54) is 6.42 Å². The van der Waals surface area contributed by atoms with Crippen molar-refractivity contribution in [3.63, 3.8) is 0 Å². The van der Waals surface area contributed by atoms with Gasteiger partial charge in [-0.2, -0.15) is 0 Å². The summed E-state index contributed by atoms with van der Waals surface area (Å²) in [7, 11) is 0. The van der Waals surface area contributed by atoms with Crippen molar-refractivity contribution in [3.05, 3.63) is 0 Å². The van der Waals surface area contributed by atoms with Crippen LogP contribution in [-0.2, 0) is 0 Å². The normalized spacial score (nSPS) is 18.0. The first kappa shape index (κ1) is 11.0. The van der Waals surface area contributed by atoms with Gasteiger partial charge in [0.2, 0.25) is 0 Å². The molecular formula is C10H23N. The molecule has 0 aliphatic rings. The minimum Gasteiger partial charge on any atom is -0.328 e. The zero-order valence-electron chi connectivity index (χ0n) is 8.65. The Morgan fingerprint density at radius 2 is 1.73 bits per heavy atom. The van der Waals surface area contributed by atoms with E-state index in [9.17, 15) is 0 Å². The zero-order chi connectivity index (χ0) is 9.07. The van der Waals surface area contributed by atoms with E-state index in [1.54, 1.807) is 0 Å². The predicted octanol–water partition coefficient (Wildman–Crippen LogP) is 2.80. The lowest BCUT2D eigenvalue weighted by Crippen LogP contribution is -2.27. The van der Waals surface area contributed by atoms with Crippen molar-refractivity contribution >= 4 is 0 Å².